The minimum atomic E-state index is -0.434. The van der Waals surface area contributed by atoms with E-state index >= 15 is 0 Å². The number of methoxy groups -OCH3 is 1. The van der Waals surface area contributed by atoms with Crippen LogP contribution < -0.4 is 5.73 Å². The van der Waals surface area contributed by atoms with E-state index < -0.39 is 5.97 Å². The zero-order chi connectivity index (χ0) is 12.6. The number of nitrogens with two attached hydrogens (primary N) is 1. The van der Waals surface area contributed by atoms with Crippen molar-refractivity contribution in [2.75, 3.05) is 12.8 Å². The van der Waals surface area contributed by atoms with E-state index in [1.807, 2.05) is 13.8 Å². The van der Waals surface area contributed by atoms with Crippen molar-refractivity contribution in [3.8, 4) is 0 Å². The van der Waals surface area contributed by atoms with Crippen LogP contribution in [-0.2, 0) is 4.74 Å². The van der Waals surface area contributed by atoms with Crippen LogP contribution in [-0.4, -0.2) is 27.7 Å². The third kappa shape index (κ3) is 1.71. The predicted molar refractivity (Wildman–Crippen MR) is 62.8 cm³/mol. The number of nitrogens with zero attached hydrogens (tertiary/aromatic N) is 3. The van der Waals surface area contributed by atoms with Crippen LogP contribution in [0.1, 0.15) is 35.8 Å². The zero-order valence-corrected chi connectivity index (χ0v) is 9.97. The number of anilines is 1. The summed E-state index contributed by atoms with van der Waals surface area (Å²) in [5.74, 6) is 0.0541. The molecule has 0 bridgehead atoms. The number of fused-ring (bicyclic) bond motifs is 1. The first-order valence-electron chi connectivity index (χ1n) is 5.26. The molecule has 0 atom stereocenters. The van der Waals surface area contributed by atoms with Gasteiger partial charge in [-0.25, -0.2) is 14.3 Å². The van der Waals surface area contributed by atoms with Gasteiger partial charge < -0.3 is 10.5 Å². The SMILES string of the molecule is COC(=O)c1cc(C(C)C)n2ncnc(N)c12. The number of carbonyl (C=O) groups excluding carboxylic acids is 1. The summed E-state index contributed by atoms with van der Waals surface area (Å²) in [5.41, 5.74) is 7.58. The lowest BCUT2D eigenvalue weighted by Gasteiger charge is -2.04. The van der Waals surface area contributed by atoms with Gasteiger partial charge in [0.1, 0.15) is 11.8 Å². The van der Waals surface area contributed by atoms with Crippen molar-refractivity contribution < 1.29 is 9.53 Å². The van der Waals surface area contributed by atoms with Crippen LogP contribution in [0.2, 0.25) is 0 Å². The van der Waals surface area contributed by atoms with Crippen LogP contribution in [0.5, 0.6) is 0 Å². The first-order chi connectivity index (χ1) is 8.06. The van der Waals surface area contributed by atoms with Gasteiger partial charge in [-0.1, -0.05) is 13.8 Å². The van der Waals surface area contributed by atoms with Crippen molar-refractivity contribution in [2.24, 2.45) is 0 Å². The molecule has 2 aromatic rings. The molecule has 90 valence electrons. The van der Waals surface area contributed by atoms with Gasteiger partial charge in [0, 0.05) is 5.69 Å². The highest BCUT2D eigenvalue weighted by Crippen LogP contribution is 2.25. The summed E-state index contributed by atoms with van der Waals surface area (Å²) in [6.45, 7) is 4.03. The smallest absolute Gasteiger partial charge is 0.340 e. The van der Waals surface area contributed by atoms with Crippen LogP contribution in [0.15, 0.2) is 12.4 Å². The molecule has 6 nitrogen and oxygen atoms in total. The Morgan fingerprint density at radius 1 is 1.53 bits per heavy atom. The minimum Gasteiger partial charge on any atom is -0.465 e. The Morgan fingerprint density at radius 3 is 2.82 bits per heavy atom. The Labute approximate surface area is 98.4 Å². The molecule has 0 radical (unpaired) electrons. The van der Waals surface area contributed by atoms with Crippen LogP contribution >= 0.6 is 0 Å². The summed E-state index contributed by atoms with van der Waals surface area (Å²) in [7, 11) is 1.33. The van der Waals surface area contributed by atoms with Crippen LogP contribution in [0.4, 0.5) is 5.82 Å². The van der Waals surface area contributed by atoms with Gasteiger partial charge >= 0.3 is 5.97 Å². The van der Waals surface area contributed by atoms with Gasteiger partial charge in [0.25, 0.3) is 0 Å². The fraction of sp³-hybridized carbons (Fsp3) is 0.364. The molecule has 6 heteroatoms. The molecule has 0 saturated heterocycles. The Kier molecular flexibility index (Phi) is 2.71. The number of ether oxygens (including phenoxy) is 1. The van der Waals surface area contributed by atoms with E-state index in [1.165, 1.54) is 13.4 Å². The highest BCUT2D eigenvalue weighted by molar-refractivity contribution is 6.00. The number of carbonyl (C=O) groups is 1. The van der Waals surface area contributed by atoms with Crippen molar-refractivity contribution in [1.29, 1.82) is 0 Å². The fourth-order valence-electron chi connectivity index (χ4n) is 1.77. The number of nitrogen functional groups attached to an aromatic ring is 1. The zero-order valence-electron chi connectivity index (χ0n) is 9.97. The summed E-state index contributed by atoms with van der Waals surface area (Å²) >= 11 is 0. The molecule has 0 aliphatic heterocycles. The quantitative estimate of drug-likeness (QED) is 0.790. The highest BCUT2D eigenvalue weighted by Gasteiger charge is 2.20. The van der Waals surface area contributed by atoms with E-state index in [-0.39, 0.29) is 11.7 Å². The summed E-state index contributed by atoms with van der Waals surface area (Å²) < 4.78 is 6.37. The van der Waals surface area contributed by atoms with Crippen molar-refractivity contribution in [2.45, 2.75) is 19.8 Å². The summed E-state index contributed by atoms with van der Waals surface area (Å²) in [6, 6.07) is 1.75. The Balaban J connectivity index is 2.80. The number of hydrogen-bond donors (Lipinski definition) is 1. The summed E-state index contributed by atoms with van der Waals surface area (Å²) in [6.07, 6.45) is 1.37. The fourth-order valence-corrected chi connectivity index (χ4v) is 1.77. The maximum Gasteiger partial charge on any atom is 0.340 e. The maximum atomic E-state index is 11.7. The number of aromatic nitrogens is 3. The van der Waals surface area contributed by atoms with Crippen molar-refractivity contribution in [3.05, 3.63) is 23.7 Å². The van der Waals surface area contributed by atoms with Crippen LogP contribution in [0.3, 0.4) is 0 Å². The first kappa shape index (κ1) is 11.4. The summed E-state index contributed by atoms with van der Waals surface area (Å²) in [5, 5.41) is 4.12. The van der Waals surface area contributed by atoms with Gasteiger partial charge in [-0.15, -0.1) is 0 Å². The standard InChI is InChI=1S/C11H14N4O2/c1-6(2)8-4-7(11(16)17-3)9-10(12)13-5-14-15(8)9/h4-6H,1-3H3,(H2,12,13,14). The number of hydrogen-bond acceptors (Lipinski definition) is 5. The molecule has 2 rings (SSSR count). The van der Waals surface area contributed by atoms with Gasteiger partial charge in [-0.3, -0.25) is 0 Å². The summed E-state index contributed by atoms with van der Waals surface area (Å²) in [4.78, 5) is 15.6. The lowest BCUT2D eigenvalue weighted by Crippen LogP contribution is -2.05. The Hall–Kier alpha value is -2.11. The number of esters is 1. The molecule has 0 fully saturated rings. The highest BCUT2D eigenvalue weighted by atomic mass is 16.5. The molecule has 0 spiro atoms. The lowest BCUT2D eigenvalue weighted by molar-refractivity contribution is 0.0603. The van der Waals surface area contributed by atoms with Gasteiger partial charge in [-0.05, 0) is 12.0 Å². The van der Waals surface area contributed by atoms with E-state index in [9.17, 15) is 4.79 Å². The second-order valence-electron chi connectivity index (χ2n) is 4.03. The average molecular weight is 234 g/mol. The molecule has 0 aliphatic rings. The molecule has 2 heterocycles. The predicted octanol–water partition coefficient (Wildman–Crippen LogP) is 1.22. The molecule has 0 aromatic carbocycles. The first-order valence-corrected chi connectivity index (χ1v) is 5.26. The lowest BCUT2D eigenvalue weighted by atomic mass is 10.1. The van der Waals surface area contributed by atoms with Gasteiger partial charge in [-0.2, -0.15) is 5.10 Å². The molecule has 0 unspecified atom stereocenters. The molecule has 2 N–H and O–H groups in total. The van der Waals surface area contributed by atoms with E-state index in [1.54, 1.807) is 10.6 Å². The Bertz CT molecular complexity index is 574. The van der Waals surface area contributed by atoms with Crippen molar-refractivity contribution >= 4 is 17.3 Å². The minimum absolute atomic E-state index is 0.218. The number of rotatable bonds is 2. The third-order valence-corrected chi connectivity index (χ3v) is 2.61. The van der Waals surface area contributed by atoms with Gasteiger partial charge in [0.15, 0.2) is 5.82 Å². The Morgan fingerprint density at radius 2 is 2.24 bits per heavy atom. The van der Waals surface area contributed by atoms with Crippen LogP contribution in [0.25, 0.3) is 5.52 Å². The maximum absolute atomic E-state index is 11.7. The monoisotopic (exact) mass is 234 g/mol. The normalized spacial score (nSPS) is 11.1. The second kappa shape index (κ2) is 4.04. The van der Waals surface area contributed by atoms with Gasteiger partial charge in [0.05, 0.1) is 12.7 Å². The molecular formula is C11H14N4O2. The molecule has 0 aliphatic carbocycles. The second-order valence-corrected chi connectivity index (χ2v) is 4.03. The molecule has 0 amide bonds. The molecule has 17 heavy (non-hydrogen) atoms. The van der Waals surface area contributed by atoms with Crippen molar-refractivity contribution in [3.63, 3.8) is 0 Å². The van der Waals surface area contributed by atoms with Crippen molar-refractivity contribution in [1.82, 2.24) is 14.6 Å². The largest absolute Gasteiger partial charge is 0.465 e. The molecule has 0 saturated carbocycles. The topological polar surface area (TPSA) is 82.5 Å². The average Bonchev–Trinajstić information content (AvgIpc) is 2.69. The van der Waals surface area contributed by atoms with Gasteiger partial charge in [0.2, 0.25) is 0 Å². The van der Waals surface area contributed by atoms with E-state index in [0.717, 1.165) is 5.69 Å². The van der Waals surface area contributed by atoms with E-state index in [2.05, 4.69) is 10.1 Å². The van der Waals surface area contributed by atoms with E-state index in [0.29, 0.717) is 11.1 Å². The third-order valence-electron chi connectivity index (χ3n) is 2.61. The molecule has 2 aromatic heterocycles. The molecular weight excluding hydrogens is 220 g/mol. The van der Waals surface area contributed by atoms with E-state index in [4.69, 9.17) is 10.5 Å². The van der Waals surface area contributed by atoms with Crippen LogP contribution in [0, 0.1) is 0 Å².